The van der Waals surface area contributed by atoms with E-state index in [-0.39, 0.29) is 18.9 Å². The van der Waals surface area contributed by atoms with Crippen molar-refractivity contribution in [2.24, 2.45) is 10.8 Å². The minimum atomic E-state index is -0.134. The molecule has 0 aliphatic carbocycles. The molecule has 2 rings (SSSR count). The first-order chi connectivity index (χ1) is 7.60. The van der Waals surface area contributed by atoms with Crippen molar-refractivity contribution in [3.8, 4) is 0 Å². The summed E-state index contributed by atoms with van der Waals surface area (Å²) >= 11 is 0. The second-order valence-electron chi connectivity index (χ2n) is 3.70. The smallest absolute Gasteiger partial charge is 0.255 e. The van der Waals surface area contributed by atoms with Crippen molar-refractivity contribution in [2.45, 2.75) is 20.3 Å². The van der Waals surface area contributed by atoms with E-state index < -0.39 is 0 Å². The average molecular weight is 219 g/mol. The zero-order chi connectivity index (χ0) is 11.7. The average Bonchev–Trinajstić information content (AvgIpc) is 2.58. The quantitative estimate of drug-likeness (QED) is 0.767. The van der Waals surface area contributed by atoms with Crippen LogP contribution in [0.5, 0.6) is 0 Å². The van der Waals surface area contributed by atoms with Crippen LogP contribution in [0.3, 0.4) is 0 Å². The van der Waals surface area contributed by atoms with E-state index in [4.69, 9.17) is 5.73 Å². The Kier molecular flexibility index (Phi) is 2.66. The van der Waals surface area contributed by atoms with Gasteiger partial charge < -0.3 is 5.73 Å². The highest BCUT2D eigenvalue weighted by molar-refractivity contribution is 6.12. The van der Waals surface area contributed by atoms with Crippen LogP contribution in [-0.4, -0.2) is 28.1 Å². The van der Waals surface area contributed by atoms with Gasteiger partial charge in [-0.25, -0.2) is 9.97 Å². The monoisotopic (exact) mass is 219 g/mol. The molecule has 6 nitrogen and oxygen atoms in total. The number of carbonyl (C=O) groups is 1. The predicted octanol–water partition coefficient (Wildman–Crippen LogP) is 0.145. The topological polar surface area (TPSA) is 84.5 Å². The first-order valence-electron chi connectivity index (χ1n) is 5.02. The molecular weight excluding hydrogens is 206 g/mol. The van der Waals surface area contributed by atoms with Gasteiger partial charge in [-0.3, -0.25) is 4.79 Å². The Hall–Kier alpha value is -1.82. The third-order valence-corrected chi connectivity index (χ3v) is 2.23. The van der Waals surface area contributed by atoms with E-state index in [9.17, 15) is 4.79 Å². The van der Waals surface area contributed by atoms with Gasteiger partial charge in [0.2, 0.25) is 0 Å². The van der Waals surface area contributed by atoms with Gasteiger partial charge in [-0.05, 0) is 19.9 Å². The fraction of sp³-hybridized carbons (Fsp3) is 0.400. The highest BCUT2D eigenvalue weighted by atomic mass is 16.2. The minimum Gasteiger partial charge on any atom is -0.325 e. The van der Waals surface area contributed by atoms with Crippen LogP contribution in [0.15, 0.2) is 11.2 Å². The van der Waals surface area contributed by atoms with E-state index >= 15 is 0 Å². The summed E-state index contributed by atoms with van der Waals surface area (Å²) in [6, 6.07) is 1.84. The number of hydrazone groups is 1. The molecular formula is C10H13N5O. The molecule has 1 amide bonds. The van der Waals surface area contributed by atoms with Gasteiger partial charge >= 0.3 is 0 Å². The van der Waals surface area contributed by atoms with E-state index in [1.165, 1.54) is 5.01 Å². The van der Waals surface area contributed by atoms with Crippen LogP contribution in [0, 0.1) is 13.8 Å². The number of carbonyl (C=O) groups excluding carboxylic acids is 1. The maximum atomic E-state index is 11.6. The van der Waals surface area contributed by atoms with Crippen LogP contribution in [0.25, 0.3) is 0 Å². The SMILES string of the molecule is Cc1cc(C)nc(N2N=C(CN)CC2=O)n1. The summed E-state index contributed by atoms with van der Waals surface area (Å²) in [5.41, 5.74) is 7.73. The normalized spacial score (nSPS) is 15.6. The van der Waals surface area contributed by atoms with Crippen molar-refractivity contribution < 1.29 is 4.79 Å². The Morgan fingerprint density at radius 1 is 1.38 bits per heavy atom. The summed E-state index contributed by atoms with van der Waals surface area (Å²) in [5, 5.41) is 5.31. The second kappa shape index (κ2) is 3.97. The van der Waals surface area contributed by atoms with E-state index in [0.29, 0.717) is 11.7 Å². The van der Waals surface area contributed by atoms with Gasteiger partial charge in [-0.1, -0.05) is 0 Å². The first kappa shape index (κ1) is 10.7. The summed E-state index contributed by atoms with van der Waals surface area (Å²) in [6.45, 7) is 3.99. The number of nitrogens with zero attached hydrogens (tertiary/aromatic N) is 4. The fourth-order valence-electron chi connectivity index (χ4n) is 1.55. The van der Waals surface area contributed by atoms with E-state index in [2.05, 4.69) is 15.1 Å². The number of nitrogens with two attached hydrogens (primary N) is 1. The third-order valence-electron chi connectivity index (χ3n) is 2.23. The number of anilines is 1. The van der Waals surface area contributed by atoms with Gasteiger partial charge in [0, 0.05) is 17.9 Å². The van der Waals surface area contributed by atoms with Crippen molar-refractivity contribution in [2.75, 3.05) is 11.6 Å². The molecule has 1 aliphatic heterocycles. The number of hydrogen-bond acceptors (Lipinski definition) is 5. The molecule has 1 aromatic rings. The van der Waals surface area contributed by atoms with Crippen LogP contribution in [-0.2, 0) is 4.79 Å². The molecule has 84 valence electrons. The molecule has 0 saturated carbocycles. The first-order valence-corrected chi connectivity index (χ1v) is 5.02. The zero-order valence-electron chi connectivity index (χ0n) is 9.27. The number of rotatable bonds is 2. The van der Waals surface area contributed by atoms with Crippen LogP contribution in [0.2, 0.25) is 0 Å². The highest BCUT2D eigenvalue weighted by Crippen LogP contribution is 2.16. The van der Waals surface area contributed by atoms with Crippen molar-refractivity contribution in [3.05, 3.63) is 17.5 Å². The van der Waals surface area contributed by atoms with Crippen LogP contribution in [0.4, 0.5) is 5.95 Å². The molecule has 0 atom stereocenters. The van der Waals surface area contributed by atoms with Crippen LogP contribution in [0.1, 0.15) is 17.8 Å². The maximum Gasteiger partial charge on any atom is 0.255 e. The third kappa shape index (κ3) is 1.92. The Morgan fingerprint density at radius 2 is 2.00 bits per heavy atom. The zero-order valence-corrected chi connectivity index (χ0v) is 9.27. The van der Waals surface area contributed by atoms with Crippen molar-refractivity contribution >= 4 is 17.6 Å². The number of hydrogen-bond donors (Lipinski definition) is 1. The Balaban J connectivity index is 2.37. The summed E-state index contributed by atoms with van der Waals surface area (Å²) in [7, 11) is 0. The highest BCUT2D eigenvalue weighted by Gasteiger charge is 2.26. The largest absolute Gasteiger partial charge is 0.325 e. The van der Waals surface area contributed by atoms with E-state index in [0.717, 1.165) is 11.4 Å². The molecule has 0 radical (unpaired) electrons. The minimum absolute atomic E-state index is 0.134. The lowest BCUT2D eigenvalue weighted by Crippen LogP contribution is -2.22. The van der Waals surface area contributed by atoms with Gasteiger partial charge in [0.25, 0.3) is 11.9 Å². The van der Waals surface area contributed by atoms with E-state index in [1.54, 1.807) is 0 Å². The van der Waals surface area contributed by atoms with Crippen molar-refractivity contribution in [3.63, 3.8) is 0 Å². The molecule has 1 aromatic heterocycles. The Labute approximate surface area is 93.2 Å². The molecule has 0 bridgehead atoms. The van der Waals surface area contributed by atoms with Gasteiger partial charge in [-0.15, -0.1) is 0 Å². The van der Waals surface area contributed by atoms with Gasteiger partial charge in [0.15, 0.2) is 0 Å². The number of aromatic nitrogens is 2. The van der Waals surface area contributed by atoms with Crippen LogP contribution < -0.4 is 10.7 Å². The molecule has 0 aromatic carbocycles. The molecule has 16 heavy (non-hydrogen) atoms. The second-order valence-corrected chi connectivity index (χ2v) is 3.70. The fourth-order valence-corrected chi connectivity index (χ4v) is 1.55. The summed E-state index contributed by atoms with van der Waals surface area (Å²) in [4.78, 5) is 20.0. The molecule has 0 saturated heterocycles. The molecule has 2 heterocycles. The lowest BCUT2D eigenvalue weighted by atomic mass is 10.3. The number of amides is 1. The molecule has 1 aliphatic rings. The summed E-state index contributed by atoms with van der Waals surface area (Å²) in [6.07, 6.45) is 0.257. The Morgan fingerprint density at radius 3 is 2.50 bits per heavy atom. The molecule has 0 spiro atoms. The van der Waals surface area contributed by atoms with E-state index in [1.807, 2.05) is 19.9 Å². The van der Waals surface area contributed by atoms with Crippen molar-refractivity contribution in [1.29, 1.82) is 0 Å². The van der Waals surface area contributed by atoms with Crippen molar-refractivity contribution in [1.82, 2.24) is 9.97 Å². The molecule has 2 N–H and O–H groups in total. The Bertz CT molecular complexity index is 448. The number of aryl methyl sites for hydroxylation is 2. The maximum absolute atomic E-state index is 11.6. The van der Waals surface area contributed by atoms with Gasteiger partial charge in [0.1, 0.15) is 0 Å². The molecule has 6 heteroatoms. The van der Waals surface area contributed by atoms with Gasteiger partial charge in [0.05, 0.1) is 12.1 Å². The molecule has 0 fully saturated rings. The van der Waals surface area contributed by atoms with Gasteiger partial charge in [-0.2, -0.15) is 10.1 Å². The standard InChI is InChI=1S/C10H13N5O/c1-6-3-7(2)13-10(12-6)15-9(16)4-8(5-11)14-15/h3H,4-5,11H2,1-2H3. The summed E-state index contributed by atoms with van der Waals surface area (Å²) < 4.78 is 0. The lowest BCUT2D eigenvalue weighted by molar-refractivity contribution is -0.117. The summed E-state index contributed by atoms with van der Waals surface area (Å²) in [5.74, 6) is 0.191. The lowest BCUT2D eigenvalue weighted by Gasteiger charge is -2.10. The predicted molar refractivity (Wildman–Crippen MR) is 60.1 cm³/mol. The van der Waals surface area contributed by atoms with Crippen LogP contribution >= 0.6 is 0 Å². The molecule has 0 unspecified atom stereocenters.